The molecule has 5 aromatic rings. The lowest BCUT2D eigenvalue weighted by molar-refractivity contribution is -0.0336. The number of fused-ring (bicyclic) bond motifs is 4. The summed E-state index contributed by atoms with van der Waals surface area (Å²) in [6.07, 6.45) is 3.45. The number of alkyl carbamates (subject to hydrolysis) is 1. The molecule has 0 saturated carbocycles. The number of unbranched alkanes of at least 4 members (excludes halogenated alkanes) is 1. The first-order chi connectivity index (χ1) is 26.8. The molecular formula is C41H46N6O8. The number of phenolic OH excluding ortho intramolecular Hbond substituents is 1. The molecule has 3 aromatic carbocycles. The molecule has 3 aliphatic rings. The van der Waals surface area contributed by atoms with Crippen molar-refractivity contribution >= 4 is 22.9 Å². The zero-order valence-electron chi connectivity index (χ0n) is 30.4. The maximum absolute atomic E-state index is 13.2. The number of pyridine rings is 1. The third-order valence-corrected chi connectivity index (χ3v) is 10.3. The Balaban J connectivity index is 0.849. The van der Waals surface area contributed by atoms with Crippen LogP contribution in [0.2, 0.25) is 0 Å². The zero-order valence-corrected chi connectivity index (χ0v) is 30.4. The van der Waals surface area contributed by atoms with Crippen molar-refractivity contribution in [1.82, 2.24) is 30.8 Å². The molecule has 0 aliphatic carbocycles. The number of aromatic amines is 1. The number of aromatic nitrogens is 2. The summed E-state index contributed by atoms with van der Waals surface area (Å²) in [4.78, 5) is 46.8. The van der Waals surface area contributed by atoms with Gasteiger partial charge in [-0.05, 0) is 92.2 Å². The Morgan fingerprint density at radius 1 is 0.982 bits per heavy atom. The highest BCUT2D eigenvalue weighted by Gasteiger charge is 2.37. The number of oxazole rings is 1. The Kier molecular flexibility index (Phi) is 12.1. The molecule has 3 unspecified atom stereocenters. The minimum absolute atomic E-state index is 0.00281. The van der Waals surface area contributed by atoms with E-state index < -0.39 is 18.2 Å². The second-order valence-corrected chi connectivity index (χ2v) is 14.0. The van der Waals surface area contributed by atoms with Crippen LogP contribution in [0.15, 0.2) is 94.3 Å². The lowest BCUT2D eigenvalue weighted by Gasteiger charge is -2.43. The number of aliphatic hydroxyl groups excluding tert-OH is 1. The monoisotopic (exact) mass is 750 g/mol. The van der Waals surface area contributed by atoms with E-state index in [1.54, 1.807) is 12.1 Å². The summed E-state index contributed by atoms with van der Waals surface area (Å²) in [5, 5.41) is 30.5. The van der Waals surface area contributed by atoms with E-state index in [9.17, 15) is 24.6 Å². The van der Waals surface area contributed by atoms with Crippen molar-refractivity contribution in [2.75, 3.05) is 39.3 Å². The number of phenols is 1. The molecule has 8 rings (SSSR count). The van der Waals surface area contributed by atoms with E-state index in [1.807, 2.05) is 54.6 Å². The number of ether oxygens (including phenoxy) is 2. The molecule has 14 heteroatoms. The molecule has 3 fully saturated rings. The van der Waals surface area contributed by atoms with Gasteiger partial charge in [0.1, 0.15) is 23.9 Å². The molecular weight excluding hydrogens is 704 g/mol. The van der Waals surface area contributed by atoms with E-state index in [0.717, 1.165) is 50.0 Å². The SMILES string of the molecule is O=C(NC(c1ccccc1)c1cccc(OCc2nc(C(=O)NCCCCNCC(O)c3ccc(O)c4[nH]c(=O)ccc34)co2)c1)OC1CN2CCC1CC2. The molecule has 2 amide bonds. The molecule has 3 aliphatic heterocycles. The number of benzene rings is 3. The minimum Gasteiger partial charge on any atom is -0.506 e. The molecule has 288 valence electrons. The van der Waals surface area contributed by atoms with Gasteiger partial charge in [-0.3, -0.25) is 14.5 Å². The molecule has 0 spiro atoms. The van der Waals surface area contributed by atoms with Gasteiger partial charge < -0.3 is 45.0 Å². The average Bonchev–Trinajstić information content (AvgIpc) is 3.69. The maximum atomic E-state index is 13.2. The predicted molar refractivity (Wildman–Crippen MR) is 204 cm³/mol. The summed E-state index contributed by atoms with van der Waals surface area (Å²) in [6, 6.07) is 22.7. The van der Waals surface area contributed by atoms with Gasteiger partial charge in [-0.15, -0.1) is 0 Å². The van der Waals surface area contributed by atoms with E-state index >= 15 is 0 Å². The molecule has 2 aromatic heterocycles. The number of nitrogens with one attached hydrogen (secondary N) is 4. The summed E-state index contributed by atoms with van der Waals surface area (Å²) >= 11 is 0. The highest BCUT2D eigenvalue weighted by molar-refractivity contribution is 5.91. The third-order valence-electron chi connectivity index (χ3n) is 10.3. The number of aliphatic hydroxyl groups is 1. The largest absolute Gasteiger partial charge is 0.506 e. The number of amides is 2. The number of H-pyrrole nitrogens is 1. The highest BCUT2D eigenvalue weighted by Crippen LogP contribution is 2.31. The predicted octanol–water partition coefficient (Wildman–Crippen LogP) is 4.54. The smallest absolute Gasteiger partial charge is 0.408 e. The van der Waals surface area contributed by atoms with Gasteiger partial charge in [0, 0.05) is 31.1 Å². The summed E-state index contributed by atoms with van der Waals surface area (Å²) in [6.45, 7) is 4.22. The molecule has 3 atom stereocenters. The Labute approximate surface area is 317 Å². The van der Waals surface area contributed by atoms with Gasteiger partial charge in [-0.2, -0.15) is 0 Å². The standard InChI is InChI=1S/C41H46N6O8/c48-33-13-11-30(31-12-14-36(50)45-39(31)33)34(49)22-42-17-4-5-18-43-40(51)32-24-54-37(44-32)25-53-29-10-6-9-28(21-29)38(27-7-2-1-3-8-27)46-41(52)55-35-23-47-19-15-26(35)16-20-47/h1-3,6-14,21,24,26,34-35,38,42,48-49H,4-5,15-20,22-23,25H2,(H,43,51)(H,45,50)(H,46,52). The quantitative estimate of drug-likeness (QED) is 0.0777. The number of carbonyl (C=O) groups excluding carboxylic acids is 2. The fraction of sp³-hybridized carbons (Fsp3) is 0.366. The molecule has 0 radical (unpaired) electrons. The molecule has 55 heavy (non-hydrogen) atoms. The topological polar surface area (TPSA) is 191 Å². The van der Waals surface area contributed by atoms with Crippen LogP contribution in [0.3, 0.4) is 0 Å². The van der Waals surface area contributed by atoms with Crippen LogP contribution in [0.4, 0.5) is 4.79 Å². The third kappa shape index (κ3) is 9.52. The van der Waals surface area contributed by atoms with E-state index in [1.165, 1.54) is 18.4 Å². The first kappa shape index (κ1) is 37.6. The van der Waals surface area contributed by atoms with Gasteiger partial charge in [0.25, 0.3) is 5.91 Å². The van der Waals surface area contributed by atoms with Crippen LogP contribution < -0.4 is 26.2 Å². The number of piperidine rings is 3. The van der Waals surface area contributed by atoms with Crippen LogP contribution in [0.25, 0.3) is 10.9 Å². The van der Waals surface area contributed by atoms with E-state index in [0.29, 0.717) is 42.1 Å². The van der Waals surface area contributed by atoms with Crippen molar-refractivity contribution in [3.05, 3.63) is 124 Å². The van der Waals surface area contributed by atoms with Crippen molar-refractivity contribution in [2.45, 2.75) is 50.5 Å². The maximum Gasteiger partial charge on any atom is 0.408 e. The summed E-state index contributed by atoms with van der Waals surface area (Å²) in [7, 11) is 0. The van der Waals surface area contributed by atoms with Gasteiger partial charge in [-0.25, -0.2) is 9.78 Å². The molecule has 14 nitrogen and oxygen atoms in total. The van der Waals surface area contributed by atoms with Crippen LogP contribution in [-0.4, -0.2) is 82.5 Å². The number of rotatable bonds is 16. The first-order valence-corrected chi connectivity index (χ1v) is 18.7. The Morgan fingerprint density at radius 3 is 2.58 bits per heavy atom. The highest BCUT2D eigenvalue weighted by atomic mass is 16.6. The van der Waals surface area contributed by atoms with Crippen molar-refractivity contribution in [3.8, 4) is 11.5 Å². The van der Waals surface area contributed by atoms with Gasteiger partial charge in [0.2, 0.25) is 11.4 Å². The minimum atomic E-state index is -0.846. The number of aromatic hydroxyl groups is 1. The van der Waals surface area contributed by atoms with Crippen molar-refractivity contribution in [3.63, 3.8) is 0 Å². The zero-order chi connectivity index (χ0) is 38.1. The van der Waals surface area contributed by atoms with Crippen molar-refractivity contribution < 1.29 is 33.7 Å². The number of hydrogen-bond donors (Lipinski definition) is 6. The van der Waals surface area contributed by atoms with Crippen LogP contribution in [0.5, 0.6) is 11.5 Å². The lowest BCUT2D eigenvalue weighted by atomic mass is 9.86. The number of carbonyl (C=O) groups is 2. The fourth-order valence-electron chi connectivity index (χ4n) is 7.31. The Bertz CT molecular complexity index is 2130. The molecule has 6 N–H and O–H groups in total. The fourth-order valence-corrected chi connectivity index (χ4v) is 7.31. The van der Waals surface area contributed by atoms with Crippen LogP contribution >= 0.6 is 0 Å². The number of nitrogens with zero attached hydrogens (tertiary/aromatic N) is 2. The summed E-state index contributed by atoms with van der Waals surface area (Å²) in [5.41, 5.74) is 2.42. The lowest BCUT2D eigenvalue weighted by Crippen LogP contribution is -2.52. The normalized spacial score (nSPS) is 18.7. The van der Waals surface area contributed by atoms with Crippen molar-refractivity contribution in [1.29, 1.82) is 0 Å². The van der Waals surface area contributed by atoms with E-state index in [-0.39, 0.29) is 53.6 Å². The Morgan fingerprint density at radius 2 is 1.78 bits per heavy atom. The van der Waals surface area contributed by atoms with E-state index in [4.69, 9.17) is 13.9 Å². The second kappa shape index (κ2) is 17.6. The Hall–Kier alpha value is -5.70. The van der Waals surface area contributed by atoms with Crippen LogP contribution in [-0.2, 0) is 11.3 Å². The molecule has 5 heterocycles. The van der Waals surface area contributed by atoms with Crippen molar-refractivity contribution in [2.24, 2.45) is 5.92 Å². The van der Waals surface area contributed by atoms with Gasteiger partial charge in [0.05, 0.1) is 17.7 Å². The first-order valence-electron chi connectivity index (χ1n) is 18.7. The van der Waals surface area contributed by atoms with Gasteiger partial charge in [0.15, 0.2) is 12.3 Å². The second-order valence-electron chi connectivity index (χ2n) is 14.0. The summed E-state index contributed by atoms with van der Waals surface area (Å²) in [5.74, 6) is 0.772. The molecule has 2 bridgehead atoms. The van der Waals surface area contributed by atoms with Crippen LogP contribution in [0.1, 0.15) is 70.9 Å². The summed E-state index contributed by atoms with van der Waals surface area (Å²) < 4.78 is 17.5. The van der Waals surface area contributed by atoms with Gasteiger partial charge in [-0.1, -0.05) is 48.5 Å². The number of hydrogen-bond acceptors (Lipinski definition) is 11. The van der Waals surface area contributed by atoms with Gasteiger partial charge >= 0.3 is 6.09 Å². The van der Waals surface area contributed by atoms with E-state index in [2.05, 4.69) is 30.8 Å². The van der Waals surface area contributed by atoms with Crippen LogP contribution in [0, 0.1) is 5.92 Å². The molecule has 3 saturated heterocycles. The average molecular weight is 751 g/mol.